The van der Waals surface area contributed by atoms with Gasteiger partial charge in [-0.3, -0.25) is 0 Å². The maximum atomic E-state index is 8.70. The lowest BCUT2D eigenvalue weighted by atomic mass is 10.1. The van der Waals surface area contributed by atoms with E-state index in [-0.39, 0.29) is 11.9 Å². The molecular weight excluding hydrogens is 278 g/mol. The second kappa shape index (κ2) is 6.33. The third-order valence-electron chi connectivity index (χ3n) is 3.60. The van der Waals surface area contributed by atoms with Crippen LogP contribution in [0.1, 0.15) is 25.8 Å². The van der Waals surface area contributed by atoms with Crippen LogP contribution < -0.4 is 10.6 Å². The predicted molar refractivity (Wildman–Crippen MR) is 80.8 cm³/mol. The van der Waals surface area contributed by atoms with Gasteiger partial charge in [-0.2, -0.15) is 0 Å². The van der Waals surface area contributed by atoms with Crippen molar-refractivity contribution in [2.75, 3.05) is 18.1 Å². The average Bonchev–Trinajstić information content (AvgIpc) is 2.46. The van der Waals surface area contributed by atoms with E-state index >= 15 is 0 Å². The van der Waals surface area contributed by atoms with Crippen LogP contribution in [0.15, 0.2) is 23.4 Å². The summed E-state index contributed by atoms with van der Waals surface area (Å²) in [5.74, 6) is 0.0563. The molecule has 2 atom stereocenters. The largest absolute Gasteiger partial charge is 0.409 e. The number of ether oxygens (including phenoxy) is 1. The van der Waals surface area contributed by atoms with E-state index in [4.69, 9.17) is 27.3 Å². The lowest BCUT2D eigenvalue weighted by Crippen LogP contribution is -2.48. The Balaban J connectivity index is 2.31. The molecule has 1 aliphatic rings. The zero-order chi connectivity index (χ0) is 14.7. The van der Waals surface area contributed by atoms with E-state index in [9.17, 15) is 0 Å². The molecule has 0 aromatic heterocycles. The van der Waals surface area contributed by atoms with Crippen LogP contribution in [0.3, 0.4) is 0 Å². The quantitative estimate of drug-likeness (QED) is 0.389. The van der Waals surface area contributed by atoms with E-state index in [1.54, 1.807) is 6.07 Å². The Bertz CT molecular complexity index is 507. The number of oxime groups is 1. The Labute approximate surface area is 124 Å². The first-order valence-electron chi connectivity index (χ1n) is 6.72. The van der Waals surface area contributed by atoms with Gasteiger partial charge in [0.15, 0.2) is 5.84 Å². The van der Waals surface area contributed by atoms with Gasteiger partial charge in [-0.15, -0.1) is 0 Å². The fourth-order valence-electron chi connectivity index (χ4n) is 2.43. The number of amidine groups is 1. The van der Waals surface area contributed by atoms with Gasteiger partial charge in [-0.25, -0.2) is 0 Å². The number of nitrogens with zero attached hydrogens (tertiary/aromatic N) is 2. The summed E-state index contributed by atoms with van der Waals surface area (Å²) in [5.41, 5.74) is 7.14. The molecule has 20 heavy (non-hydrogen) atoms. The van der Waals surface area contributed by atoms with Gasteiger partial charge in [0, 0.05) is 12.1 Å². The highest BCUT2D eigenvalue weighted by Gasteiger charge is 2.27. The van der Waals surface area contributed by atoms with Crippen LogP contribution in [-0.2, 0) is 4.74 Å². The zero-order valence-corrected chi connectivity index (χ0v) is 12.5. The molecule has 1 saturated heterocycles. The smallest absolute Gasteiger partial charge is 0.170 e. The van der Waals surface area contributed by atoms with Crippen LogP contribution in [0.5, 0.6) is 0 Å². The Morgan fingerprint density at radius 2 is 2.35 bits per heavy atom. The van der Waals surface area contributed by atoms with E-state index in [0.717, 1.165) is 18.7 Å². The van der Waals surface area contributed by atoms with Crippen LogP contribution in [0.4, 0.5) is 5.69 Å². The lowest BCUT2D eigenvalue weighted by molar-refractivity contribution is 0.0300. The standard InChI is InChI=1S/C14H20ClN3O2/c1-3-11-8-20-9(2)7-18(11)13-5-4-10(6-12(13)15)14(16)17-19/h4-6,9,11,19H,3,7-8H2,1-2H3,(H2,16,17). The van der Waals surface area contributed by atoms with Crippen molar-refractivity contribution in [2.24, 2.45) is 10.9 Å². The van der Waals surface area contributed by atoms with E-state index < -0.39 is 0 Å². The molecule has 0 aliphatic carbocycles. The van der Waals surface area contributed by atoms with Gasteiger partial charge in [-0.1, -0.05) is 23.7 Å². The molecule has 0 spiro atoms. The molecule has 0 radical (unpaired) electrons. The van der Waals surface area contributed by atoms with Crippen molar-refractivity contribution >= 4 is 23.1 Å². The molecule has 2 rings (SSSR count). The van der Waals surface area contributed by atoms with Crippen molar-refractivity contribution in [1.29, 1.82) is 0 Å². The molecule has 1 aromatic rings. The zero-order valence-electron chi connectivity index (χ0n) is 11.7. The van der Waals surface area contributed by atoms with Gasteiger partial charge < -0.3 is 20.6 Å². The minimum absolute atomic E-state index is 0.0563. The fourth-order valence-corrected chi connectivity index (χ4v) is 2.72. The topological polar surface area (TPSA) is 71.1 Å². The normalized spacial score (nSPS) is 23.9. The van der Waals surface area contributed by atoms with Gasteiger partial charge in [0.25, 0.3) is 0 Å². The van der Waals surface area contributed by atoms with E-state index in [1.165, 1.54) is 0 Å². The minimum atomic E-state index is 0.0563. The van der Waals surface area contributed by atoms with Gasteiger partial charge >= 0.3 is 0 Å². The van der Waals surface area contributed by atoms with Crippen molar-refractivity contribution in [3.63, 3.8) is 0 Å². The van der Waals surface area contributed by atoms with Crippen LogP contribution >= 0.6 is 11.6 Å². The lowest BCUT2D eigenvalue weighted by Gasteiger charge is -2.40. The summed E-state index contributed by atoms with van der Waals surface area (Å²) in [6.45, 7) is 5.70. The van der Waals surface area contributed by atoms with Crippen molar-refractivity contribution in [1.82, 2.24) is 0 Å². The summed E-state index contributed by atoms with van der Waals surface area (Å²) in [6, 6.07) is 5.76. The number of rotatable bonds is 3. The van der Waals surface area contributed by atoms with Gasteiger partial charge in [0.1, 0.15) is 0 Å². The Hall–Kier alpha value is -1.46. The van der Waals surface area contributed by atoms with Gasteiger partial charge in [0.05, 0.1) is 29.5 Å². The average molecular weight is 298 g/mol. The second-order valence-electron chi connectivity index (χ2n) is 5.01. The minimum Gasteiger partial charge on any atom is -0.409 e. The highest BCUT2D eigenvalue weighted by molar-refractivity contribution is 6.33. The number of morpholine rings is 1. The van der Waals surface area contributed by atoms with Crippen molar-refractivity contribution in [2.45, 2.75) is 32.4 Å². The third kappa shape index (κ3) is 2.99. The first kappa shape index (κ1) is 14.9. The van der Waals surface area contributed by atoms with E-state index in [1.807, 2.05) is 12.1 Å². The molecule has 6 heteroatoms. The molecule has 0 amide bonds. The van der Waals surface area contributed by atoms with Crippen molar-refractivity contribution in [3.8, 4) is 0 Å². The second-order valence-corrected chi connectivity index (χ2v) is 5.42. The number of anilines is 1. The molecule has 1 aromatic carbocycles. The summed E-state index contributed by atoms with van der Waals surface area (Å²) in [7, 11) is 0. The highest BCUT2D eigenvalue weighted by atomic mass is 35.5. The molecule has 2 unspecified atom stereocenters. The first-order chi connectivity index (χ1) is 9.56. The SMILES string of the molecule is CCC1COC(C)CN1c1ccc(C(N)=NO)cc1Cl. The predicted octanol–water partition coefficient (Wildman–Crippen LogP) is 2.44. The summed E-state index contributed by atoms with van der Waals surface area (Å²) in [6.07, 6.45) is 1.17. The summed E-state index contributed by atoms with van der Waals surface area (Å²) in [5, 5.41) is 12.3. The molecule has 5 nitrogen and oxygen atoms in total. The first-order valence-corrected chi connectivity index (χ1v) is 7.10. The summed E-state index contributed by atoms with van der Waals surface area (Å²) in [4.78, 5) is 2.27. The van der Waals surface area contributed by atoms with Crippen molar-refractivity contribution in [3.05, 3.63) is 28.8 Å². The Kier molecular flexibility index (Phi) is 4.73. The number of halogens is 1. The molecule has 110 valence electrons. The molecule has 0 bridgehead atoms. The van der Waals surface area contributed by atoms with E-state index in [2.05, 4.69) is 23.9 Å². The van der Waals surface area contributed by atoms with Crippen LogP contribution in [0, 0.1) is 0 Å². The maximum Gasteiger partial charge on any atom is 0.170 e. The Morgan fingerprint density at radius 1 is 1.60 bits per heavy atom. The number of nitrogens with two attached hydrogens (primary N) is 1. The van der Waals surface area contributed by atoms with Crippen LogP contribution in [0.25, 0.3) is 0 Å². The number of hydrogen-bond donors (Lipinski definition) is 2. The number of benzene rings is 1. The van der Waals surface area contributed by atoms with Gasteiger partial charge in [0.2, 0.25) is 0 Å². The van der Waals surface area contributed by atoms with Crippen molar-refractivity contribution < 1.29 is 9.94 Å². The maximum absolute atomic E-state index is 8.70. The van der Waals surface area contributed by atoms with Crippen LogP contribution in [0.2, 0.25) is 5.02 Å². The molecule has 1 fully saturated rings. The van der Waals surface area contributed by atoms with E-state index in [0.29, 0.717) is 23.2 Å². The summed E-state index contributed by atoms with van der Waals surface area (Å²) < 4.78 is 5.70. The molecule has 3 N–H and O–H groups in total. The van der Waals surface area contributed by atoms with Crippen LogP contribution in [-0.4, -0.2) is 36.3 Å². The fraction of sp³-hybridized carbons (Fsp3) is 0.500. The molecule has 1 aliphatic heterocycles. The monoisotopic (exact) mass is 297 g/mol. The molecule has 0 saturated carbocycles. The number of hydrogen-bond acceptors (Lipinski definition) is 4. The Morgan fingerprint density at radius 3 is 2.95 bits per heavy atom. The molecular formula is C14H20ClN3O2. The third-order valence-corrected chi connectivity index (χ3v) is 3.90. The molecule has 1 heterocycles. The summed E-state index contributed by atoms with van der Waals surface area (Å²) >= 11 is 6.36. The van der Waals surface area contributed by atoms with Gasteiger partial charge in [-0.05, 0) is 31.5 Å². The highest BCUT2D eigenvalue weighted by Crippen LogP contribution is 2.31.